The van der Waals surface area contributed by atoms with Gasteiger partial charge in [0, 0.05) is 0 Å². The summed E-state index contributed by atoms with van der Waals surface area (Å²) in [5, 5.41) is 11.5. The van der Waals surface area contributed by atoms with E-state index in [4.69, 9.17) is 14.2 Å². The second-order valence-corrected chi connectivity index (χ2v) is 4.30. The number of ether oxygens (including phenoxy) is 3. The summed E-state index contributed by atoms with van der Waals surface area (Å²) in [6.45, 7) is 2.51. The summed E-state index contributed by atoms with van der Waals surface area (Å²) < 4.78 is 16.0. The quantitative estimate of drug-likeness (QED) is 0.770. The van der Waals surface area contributed by atoms with Gasteiger partial charge in [-0.2, -0.15) is 0 Å². The first kappa shape index (κ1) is 12.2. The second kappa shape index (κ2) is 4.52. The fourth-order valence-corrected chi connectivity index (χ4v) is 2.07. The number of hydroxylamine groups is 2. The highest BCUT2D eigenvalue weighted by Crippen LogP contribution is 2.34. The molecule has 2 unspecified atom stereocenters. The third-order valence-corrected chi connectivity index (χ3v) is 3.08. The zero-order chi connectivity index (χ0) is 12.5. The number of methoxy groups -OCH3 is 2. The van der Waals surface area contributed by atoms with E-state index in [1.165, 1.54) is 0 Å². The highest BCUT2D eigenvalue weighted by molar-refractivity contribution is 5.44. The molecule has 17 heavy (non-hydrogen) atoms. The lowest BCUT2D eigenvalue weighted by Crippen LogP contribution is -3.05. The van der Waals surface area contributed by atoms with Crippen LogP contribution in [0.15, 0.2) is 18.2 Å². The van der Waals surface area contributed by atoms with Crippen molar-refractivity contribution in [2.45, 2.75) is 12.5 Å². The normalized spacial score (nSPS) is 28.1. The van der Waals surface area contributed by atoms with Crippen molar-refractivity contribution in [2.24, 2.45) is 0 Å². The molecule has 2 atom stereocenters. The maximum absolute atomic E-state index is 11.3. The number of benzene rings is 1. The predicted molar refractivity (Wildman–Crippen MR) is 62.0 cm³/mol. The van der Waals surface area contributed by atoms with Crippen molar-refractivity contribution in [3.8, 4) is 11.5 Å². The summed E-state index contributed by atoms with van der Waals surface area (Å²) in [6, 6.07) is 5.59. The van der Waals surface area contributed by atoms with Gasteiger partial charge in [-0.15, -0.1) is 0 Å². The van der Waals surface area contributed by atoms with Crippen LogP contribution < -0.4 is 14.5 Å². The summed E-state index contributed by atoms with van der Waals surface area (Å²) in [4.78, 5) is 0. The molecule has 1 N–H and O–H groups in total. The summed E-state index contributed by atoms with van der Waals surface area (Å²) >= 11 is 0. The smallest absolute Gasteiger partial charge is 0.182 e. The molecule has 1 aromatic rings. The first-order valence-corrected chi connectivity index (χ1v) is 5.47. The molecule has 1 aliphatic rings. The molecule has 0 aromatic heterocycles. The Kier molecular flexibility index (Phi) is 3.24. The number of nitrogens with one attached hydrogen (secondary N) is 1. The molecular formula is C12H17NO4. The van der Waals surface area contributed by atoms with E-state index >= 15 is 0 Å². The molecule has 0 saturated carbocycles. The topological polar surface area (TPSA) is 55.2 Å². The second-order valence-electron chi connectivity index (χ2n) is 4.30. The van der Waals surface area contributed by atoms with Gasteiger partial charge in [0.1, 0.15) is 12.1 Å². The molecule has 5 heteroatoms. The van der Waals surface area contributed by atoms with Crippen molar-refractivity contribution in [1.82, 2.24) is 0 Å². The monoisotopic (exact) mass is 239 g/mol. The lowest BCUT2D eigenvalue weighted by Gasteiger charge is -2.22. The molecule has 2 rings (SSSR count). The van der Waals surface area contributed by atoms with Crippen LogP contribution in [0.5, 0.6) is 11.5 Å². The van der Waals surface area contributed by atoms with Gasteiger partial charge in [0.25, 0.3) is 0 Å². The largest absolute Gasteiger partial charge is 0.633 e. The van der Waals surface area contributed by atoms with Gasteiger partial charge >= 0.3 is 0 Å². The molecule has 0 radical (unpaired) electrons. The van der Waals surface area contributed by atoms with Gasteiger partial charge < -0.3 is 24.5 Å². The average Bonchev–Trinajstić information content (AvgIpc) is 2.69. The van der Waals surface area contributed by atoms with E-state index in [0.29, 0.717) is 18.0 Å². The van der Waals surface area contributed by atoms with Crippen LogP contribution in [0, 0.1) is 5.21 Å². The highest BCUT2D eigenvalue weighted by atomic mass is 16.6. The summed E-state index contributed by atoms with van der Waals surface area (Å²) in [7, 11) is 3.18. The van der Waals surface area contributed by atoms with Gasteiger partial charge in [0.15, 0.2) is 18.2 Å². The molecule has 1 aromatic carbocycles. The van der Waals surface area contributed by atoms with Crippen LogP contribution in [-0.4, -0.2) is 27.5 Å². The highest BCUT2D eigenvalue weighted by Gasteiger charge is 2.37. The van der Waals surface area contributed by atoms with E-state index in [0.717, 1.165) is 5.56 Å². The van der Waals surface area contributed by atoms with Gasteiger partial charge in [-0.3, -0.25) is 0 Å². The summed E-state index contributed by atoms with van der Waals surface area (Å²) in [6.07, 6.45) is 0. The lowest BCUT2D eigenvalue weighted by atomic mass is 9.96. The number of hydrogen-bond acceptors (Lipinski definition) is 4. The fraction of sp³-hybridized carbons (Fsp3) is 0.500. The first-order chi connectivity index (χ1) is 8.09. The van der Waals surface area contributed by atoms with Crippen molar-refractivity contribution in [1.29, 1.82) is 0 Å². The van der Waals surface area contributed by atoms with Gasteiger partial charge in [-0.25, -0.2) is 0 Å². The van der Waals surface area contributed by atoms with Crippen LogP contribution in [0.1, 0.15) is 12.5 Å². The zero-order valence-electron chi connectivity index (χ0n) is 10.3. The Labute approximate surface area is 100 Å². The predicted octanol–water partition coefficient (Wildman–Crippen LogP) is 0.289. The third-order valence-electron chi connectivity index (χ3n) is 3.08. The van der Waals surface area contributed by atoms with Crippen molar-refractivity contribution >= 4 is 0 Å². The Morgan fingerprint density at radius 2 is 2.00 bits per heavy atom. The van der Waals surface area contributed by atoms with Crippen molar-refractivity contribution < 1.29 is 19.3 Å². The van der Waals surface area contributed by atoms with E-state index < -0.39 is 5.60 Å². The standard InChI is InChI=1S/C12H17NO4/c1-12(7-13(14)8-17-12)9-4-5-10(15-2)11(6-9)16-3/h4-6,13H,7-8H2,1-3H3. The molecule has 1 fully saturated rings. The molecule has 5 nitrogen and oxygen atoms in total. The van der Waals surface area contributed by atoms with E-state index in [2.05, 4.69) is 0 Å². The molecule has 1 heterocycles. The molecule has 1 saturated heterocycles. The molecule has 0 aliphatic carbocycles. The van der Waals surface area contributed by atoms with Crippen LogP contribution in [0.25, 0.3) is 0 Å². The fourth-order valence-electron chi connectivity index (χ4n) is 2.07. The number of quaternary nitrogens is 1. The van der Waals surface area contributed by atoms with E-state index in [9.17, 15) is 5.21 Å². The molecular weight excluding hydrogens is 222 g/mol. The van der Waals surface area contributed by atoms with Crippen molar-refractivity contribution in [3.05, 3.63) is 29.0 Å². The van der Waals surface area contributed by atoms with Crippen molar-refractivity contribution in [3.63, 3.8) is 0 Å². The maximum atomic E-state index is 11.3. The number of rotatable bonds is 3. The third kappa shape index (κ3) is 2.22. The van der Waals surface area contributed by atoms with Crippen LogP contribution in [-0.2, 0) is 10.3 Å². The maximum Gasteiger partial charge on any atom is 0.182 e. The van der Waals surface area contributed by atoms with Gasteiger partial charge in [0.05, 0.1) is 14.2 Å². The van der Waals surface area contributed by atoms with E-state index in [1.807, 2.05) is 25.1 Å². The Morgan fingerprint density at radius 3 is 2.53 bits per heavy atom. The van der Waals surface area contributed by atoms with Crippen LogP contribution in [0.2, 0.25) is 0 Å². The SMILES string of the molecule is COc1ccc(C2(C)C[NH+]([O-])CO2)cc1OC. The zero-order valence-corrected chi connectivity index (χ0v) is 10.3. The van der Waals surface area contributed by atoms with Crippen LogP contribution >= 0.6 is 0 Å². The number of hydrogen-bond donors (Lipinski definition) is 1. The first-order valence-electron chi connectivity index (χ1n) is 5.47. The van der Waals surface area contributed by atoms with Gasteiger partial charge in [0.2, 0.25) is 0 Å². The molecule has 0 spiro atoms. The van der Waals surface area contributed by atoms with E-state index in [-0.39, 0.29) is 11.8 Å². The average molecular weight is 239 g/mol. The minimum absolute atomic E-state index is 0.127. The molecule has 1 aliphatic heterocycles. The van der Waals surface area contributed by atoms with Crippen LogP contribution in [0.4, 0.5) is 0 Å². The Balaban J connectivity index is 2.33. The Morgan fingerprint density at radius 1 is 1.29 bits per heavy atom. The van der Waals surface area contributed by atoms with Crippen molar-refractivity contribution in [2.75, 3.05) is 27.5 Å². The Bertz CT molecular complexity index is 409. The minimum atomic E-state index is -0.545. The molecule has 94 valence electrons. The molecule has 0 bridgehead atoms. The molecule has 0 amide bonds. The van der Waals surface area contributed by atoms with E-state index in [1.54, 1.807) is 14.2 Å². The van der Waals surface area contributed by atoms with Gasteiger partial charge in [-0.1, -0.05) is 6.07 Å². The lowest BCUT2D eigenvalue weighted by molar-refractivity contribution is -0.845. The minimum Gasteiger partial charge on any atom is -0.633 e. The van der Waals surface area contributed by atoms with Crippen LogP contribution in [0.3, 0.4) is 0 Å². The Hall–Kier alpha value is -1.30. The van der Waals surface area contributed by atoms with Gasteiger partial charge in [-0.05, 0) is 24.6 Å². The summed E-state index contributed by atoms with van der Waals surface area (Å²) in [5.41, 5.74) is 0.386. The summed E-state index contributed by atoms with van der Waals surface area (Å²) in [5.74, 6) is 1.32.